The Labute approximate surface area is 106 Å². The molecule has 1 aliphatic heterocycles. The van der Waals surface area contributed by atoms with Gasteiger partial charge >= 0.3 is 0 Å². The molecule has 0 spiro atoms. The summed E-state index contributed by atoms with van der Waals surface area (Å²) in [4.78, 5) is 4.63. The highest BCUT2D eigenvalue weighted by Gasteiger charge is 2.45. The first-order valence-corrected chi connectivity index (χ1v) is 7.80. The average Bonchev–Trinajstić information content (AvgIpc) is 2.91. The van der Waals surface area contributed by atoms with E-state index in [0.29, 0.717) is 0 Å². The van der Waals surface area contributed by atoms with Gasteiger partial charge in [-0.15, -0.1) is 0 Å². The lowest BCUT2D eigenvalue weighted by Crippen LogP contribution is -2.60. The van der Waals surface area contributed by atoms with Gasteiger partial charge in [-0.3, -0.25) is 4.48 Å². The molecule has 0 radical (unpaired) electrons. The molecular formula is C15H27N2+. The van der Waals surface area contributed by atoms with Crippen LogP contribution in [-0.2, 0) is 0 Å². The first kappa shape index (κ1) is 11.7. The third kappa shape index (κ3) is 2.16. The van der Waals surface area contributed by atoms with E-state index in [4.69, 9.17) is 0 Å². The minimum Gasteiger partial charge on any atom is -0.275 e. The van der Waals surface area contributed by atoms with Crippen LogP contribution in [-0.4, -0.2) is 36.0 Å². The van der Waals surface area contributed by atoms with Crippen molar-refractivity contribution >= 4 is 6.34 Å². The van der Waals surface area contributed by atoms with Gasteiger partial charge in [0.1, 0.15) is 6.54 Å². The molecule has 17 heavy (non-hydrogen) atoms. The molecule has 0 unspecified atom stereocenters. The smallest absolute Gasteiger partial charge is 0.186 e. The summed E-state index contributed by atoms with van der Waals surface area (Å²) in [5, 5.41) is 0. The Morgan fingerprint density at radius 2 is 1.29 bits per heavy atom. The molecule has 3 rings (SSSR count). The van der Waals surface area contributed by atoms with E-state index in [2.05, 4.69) is 11.3 Å². The van der Waals surface area contributed by atoms with Crippen LogP contribution >= 0.6 is 0 Å². The topological polar surface area (TPSA) is 12.4 Å². The predicted molar refractivity (Wildman–Crippen MR) is 72.2 cm³/mol. The van der Waals surface area contributed by atoms with Gasteiger partial charge in [-0.25, -0.2) is 4.99 Å². The molecule has 96 valence electrons. The zero-order chi connectivity index (χ0) is 11.6. The van der Waals surface area contributed by atoms with Crippen LogP contribution in [0.3, 0.4) is 0 Å². The highest BCUT2D eigenvalue weighted by atomic mass is 15.4. The Balaban J connectivity index is 1.78. The van der Waals surface area contributed by atoms with Crippen molar-refractivity contribution in [2.24, 2.45) is 4.99 Å². The standard InChI is InChI=1S/C15H27N2/c1-3-7-14(8-4-1)17(12-11-16-13-17)15-9-5-2-6-10-15/h13-15H,1-12H2/q+1. The predicted octanol–water partition coefficient (Wildman–Crippen LogP) is 3.51. The largest absolute Gasteiger partial charge is 0.275 e. The maximum absolute atomic E-state index is 4.63. The second-order valence-corrected chi connectivity index (χ2v) is 6.32. The molecule has 2 nitrogen and oxygen atoms in total. The van der Waals surface area contributed by atoms with E-state index in [1.807, 2.05) is 0 Å². The molecular weight excluding hydrogens is 208 g/mol. The number of aliphatic imine (C=N–C) groups is 1. The van der Waals surface area contributed by atoms with Crippen molar-refractivity contribution in [2.45, 2.75) is 76.3 Å². The molecule has 0 bridgehead atoms. The van der Waals surface area contributed by atoms with E-state index in [1.54, 1.807) is 0 Å². The zero-order valence-corrected chi connectivity index (χ0v) is 11.1. The van der Waals surface area contributed by atoms with Crippen LogP contribution in [0.2, 0.25) is 0 Å². The van der Waals surface area contributed by atoms with Gasteiger partial charge in [0.25, 0.3) is 0 Å². The van der Waals surface area contributed by atoms with Crippen LogP contribution in [0.1, 0.15) is 64.2 Å². The van der Waals surface area contributed by atoms with Crippen LogP contribution < -0.4 is 0 Å². The Bertz CT molecular complexity index is 255. The monoisotopic (exact) mass is 235 g/mol. The molecule has 0 aromatic heterocycles. The Morgan fingerprint density at radius 3 is 1.71 bits per heavy atom. The quantitative estimate of drug-likeness (QED) is 0.650. The van der Waals surface area contributed by atoms with Gasteiger partial charge in [0, 0.05) is 0 Å². The molecule has 3 aliphatic rings. The lowest BCUT2D eigenvalue weighted by Gasteiger charge is -2.47. The summed E-state index contributed by atoms with van der Waals surface area (Å²) in [6.45, 7) is 2.41. The second-order valence-electron chi connectivity index (χ2n) is 6.32. The Hall–Kier alpha value is -0.370. The van der Waals surface area contributed by atoms with Crippen molar-refractivity contribution in [1.82, 2.24) is 0 Å². The van der Waals surface area contributed by atoms with E-state index >= 15 is 0 Å². The minimum absolute atomic E-state index is 0.915. The average molecular weight is 235 g/mol. The Kier molecular flexibility index (Phi) is 3.51. The van der Waals surface area contributed by atoms with Crippen LogP contribution in [0.4, 0.5) is 0 Å². The molecule has 0 saturated heterocycles. The number of quaternary nitrogens is 1. The highest BCUT2D eigenvalue weighted by molar-refractivity contribution is 5.49. The zero-order valence-electron chi connectivity index (χ0n) is 11.1. The van der Waals surface area contributed by atoms with Gasteiger partial charge in [0.15, 0.2) is 6.34 Å². The second kappa shape index (κ2) is 5.09. The summed E-state index contributed by atoms with van der Waals surface area (Å²) in [6.07, 6.45) is 17.0. The lowest BCUT2D eigenvalue weighted by atomic mass is 9.86. The van der Waals surface area contributed by atoms with Crippen molar-refractivity contribution in [3.8, 4) is 0 Å². The molecule has 2 saturated carbocycles. The summed E-state index contributed by atoms with van der Waals surface area (Å²) < 4.78 is 1.29. The maximum Gasteiger partial charge on any atom is 0.186 e. The van der Waals surface area contributed by atoms with E-state index in [-0.39, 0.29) is 0 Å². The van der Waals surface area contributed by atoms with Crippen molar-refractivity contribution < 1.29 is 4.48 Å². The molecule has 2 heteroatoms. The van der Waals surface area contributed by atoms with Crippen LogP contribution in [0, 0.1) is 0 Å². The van der Waals surface area contributed by atoms with Gasteiger partial charge in [-0.1, -0.05) is 12.8 Å². The van der Waals surface area contributed by atoms with E-state index in [0.717, 1.165) is 18.6 Å². The summed E-state index contributed by atoms with van der Waals surface area (Å²) in [7, 11) is 0. The molecule has 0 aromatic carbocycles. The maximum atomic E-state index is 4.63. The van der Waals surface area contributed by atoms with Gasteiger partial charge in [0.2, 0.25) is 0 Å². The summed E-state index contributed by atoms with van der Waals surface area (Å²) >= 11 is 0. The SMILES string of the molecule is C1=NCC[N+]1(C1CCCCC1)C1CCCCC1. The van der Waals surface area contributed by atoms with Crippen LogP contribution in [0.5, 0.6) is 0 Å². The molecule has 2 aliphatic carbocycles. The number of rotatable bonds is 2. The fourth-order valence-corrected chi connectivity index (χ4v) is 4.47. The number of hydrogen-bond acceptors (Lipinski definition) is 1. The van der Waals surface area contributed by atoms with E-state index < -0.39 is 0 Å². The van der Waals surface area contributed by atoms with Gasteiger partial charge in [0.05, 0.1) is 18.6 Å². The van der Waals surface area contributed by atoms with Crippen molar-refractivity contribution in [3.63, 3.8) is 0 Å². The minimum atomic E-state index is 0.915. The molecule has 0 atom stereocenters. The van der Waals surface area contributed by atoms with Gasteiger partial charge in [-0.2, -0.15) is 0 Å². The fraction of sp³-hybridized carbons (Fsp3) is 0.933. The summed E-state index contributed by atoms with van der Waals surface area (Å²) in [6, 6.07) is 1.83. The molecule has 0 aromatic rings. The van der Waals surface area contributed by atoms with Crippen LogP contribution in [0.15, 0.2) is 4.99 Å². The van der Waals surface area contributed by atoms with Gasteiger partial charge < -0.3 is 0 Å². The lowest BCUT2D eigenvalue weighted by molar-refractivity contribution is -0.883. The van der Waals surface area contributed by atoms with E-state index in [9.17, 15) is 0 Å². The first-order chi connectivity index (χ1) is 8.42. The van der Waals surface area contributed by atoms with Crippen molar-refractivity contribution in [2.75, 3.05) is 13.1 Å². The number of hydrogen-bond donors (Lipinski definition) is 0. The highest BCUT2D eigenvalue weighted by Crippen LogP contribution is 2.36. The molecule has 2 fully saturated rings. The third-order valence-electron chi connectivity index (χ3n) is 5.42. The molecule has 1 heterocycles. The van der Waals surface area contributed by atoms with Gasteiger partial charge in [-0.05, 0) is 51.4 Å². The Morgan fingerprint density at radius 1 is 0.765 bits per heavy atom. The van der Waals surface area contributed by atoms with Crippen LogP contribution in [0.25, 0.3) is 0 Å². The van der Waals surface area contributed by atoms with Crippen molar-refractivity contribution in [3.05, 3.63) is 0 Å². The first-order valence-electron chi connectivity index (χ1n) is 7.80. The normalized spacial score (nSPS) is 30.8. The molecule has 0 N–H and O–H groups in total. The molecule has 0 amide bonds. The number of nitrogens with zero attached hydrogens (tertiary/aromatic N) is 2. The van der Waals surface area contributed by atoms with Crippen molar-refractivity contribution in [1.29, 1.82) is 0 Å². The van der Waals surface area contributed by atoms with E-state index in [1.165, 1.54) is 75.2 Å². The third-order valence-corrected chi connectivity index (χ3v) is 5.42. The summed E-state index contributed by atoms with van der Waals surface area (Å²) in [5.74, 6) is 0. The summed E-state index contributed by atoms with van der Waals surface area (Å²) in [5.41, 5.74) is 0. The fourth-order valence-electron chi connectivity index (χ4n) is 4.47.